The van der Waals surface area contributed by atoms with E-state index in [1.807, 2.05) is 22.9 Å². The molecule has 1 aliphatic heterocycles. The van der Waals surface area contributed by atoms with Crippen LogP contribution in [0.25, 0.3) is 6.08 Å². The molecule has 0 bridgehead atoms. The molecule has 0 atom stereocenters. The Hall–Kier alpha value is -1.94. The predicted octanol–water partition coefficient (Wildman–Crippen LogP) is 1.89. The average Bonchev–Trinajstić information content (AvgIpc) is 2.70. The molecular weight excluding hydrogens is 214 g/mol. The molecule has 0 spiro atoms. The van der Waals surface area contributed by atoms with Crippen LogP contribution in [0.15, 0.2) is 42.1 Å². The van der Waals surface area contributed by atoms with Gasteiger partial charge in [0.1, 0.15) is 0 Å². The van der Waals surface area contributed by atoms with Crippen LogP contribution in [0.4, 0.5) is 0 Å². The number of rotatable bonds is 1. The van der Waals surface area contributed by atoms with Gasteiger partial charge >= 0.3 is 0 Å². The van der Waals surface area contributed by atoms with Gasteiger partial charge in [-0.15, -0.1) is 5.10 Å². The fraction of sp³-hybridized carbons (Fsp3) is 0.231. The van der Waals surface area contributed by atoms with Crippen molar-refractivity contribution in [2.45, 2.75) is 13.2 Å². The van der Waals surface area contributed by atoms with Crippen molar-refractivity contribution >= 4 is 6.08 Å². The average molecular weight is 227 g/mol. The Labute approximate surface area is 99.5 Å². The van der Waals surface area contributed by atoms with E-state index in [1.165, 1.54) is 11.1 Å². The summed E-state index contributed by atoms with van der Waals surface area (Å²) in [6, 6.07) is 10.2. The molecule has 0 amide bonds. The lowest BCUT2D eigenvalue weighted by atomic mass is 10.1. The predicted molar refractivity (Wildman–Crippen MR) is 64.1 cm³/mol. The van der Waals surface area contributed by atoms with Gasteiger partial charge < -0.3 is 4.74 Å². The third-order valence-electron chi connectivity index (χ3n) is 2.76. The molecule has 0 aliphatic carbocycles. The van der Waals surface area contributed by atoms with E-state index in [-0.39, 0.29) is 0 Å². The molecule has 4 heteroatoms. The van der Waals surface area contributed by atoms with E-state index < -0.39 is 0 Å². The van der Waals surface area contributed by atoms with Crippen LogP contribution in [-0.2, 0) is 17.9 Å². The number of aromatic nitrogens is 3. The van der Waals surface area contributed by atoms with Gasteiger partial charge in [-0.05, 0) is 11.1 Å². The van der Waals surface area contributed by atoms with E-state index in [9.17, 15) is 0 Å². The number of ether oxygens (including phenoxy) is 1. The van der Waals surface area contributed by atoms with Crippen molar-refractivity contribution < 1.29 is 4.74 Å². The first-order valence-corrected chi connectivity index (χ1v) is 5.61. The lowest BCUT2D eigenvalue weighted by molar-refractivity contribution is 0.145. The van der Waals surface area contributed by atoms with Crippen LogP contribution in [0, 0.1) is 0 Å². The molecular formula is C13H13N3O. The standard InChI is InChI=1S/C13H13N3O/c1-2-4-11(5-3-1)6-12-8-16-13(7-14-15-16)10-17-9-12/h1-7H,8-10H2/b12-6-. The molecule has 17 heavy (non-hydrogen) atoms. The molecule has 0 unspecified atom stereocenters. The van der Waals surface area contributed by atoms with Gasteiger partial charge in [0.2, 0.25) is 0 Å². The van der Waals surface area contributed by atoms with Crippen LogP contribution in [0.5, 0.6) is 0 Å². The maximum Gasteiger partial charge on any atom is 0.0905 e. The molecule has 0 saturated carbocycles. The largest absolute Gasteiger partial charge is 0.371 e. The number of fused-ring (bicyclic) bond motifs is 1. The molecule has 0 N–H and O–H groups in total. The number of benzene rings is 1. The first-order chi connectivity index (χ1) is 8.42. The minimum absolute atomic E-state index is 0.582. The zero-order valence-electron chi connectivity index (χ0n) is 9.41. The monoisotopic (exact) mass is 227 g/mol. The molecule has 2 aromatic rings. The van der Waals surface area contributed by atoms with Crippen molar-refractivity contribution in [2.24, 2.45) is 0 Å². The molecule has 2 heterocycles. The maximum atomic E-state index is 5.59. The van der Waals surface area contributed by atoms with Gasteiger partial charge in [0.15, 0.2) is 0 Å². The lowest BCUT2D eigenvalue weighted by Crippen LogP contribution is -2.04. The number of hydrogen-bond donors (Lipinski definition) is 0. The number of nitrogens with zero attached hydrogens (tertiary/aromatic N) is 3. The van der Waals surface area contributed by atoms with Crippen molar-refractivity contribution in [3.63, 3.8) is 0 Å². The highest BCUT2D eigenvalue weighted by Crippen LogP contribution is 2.14. The molecule has 1 aromatic heterocycles. The smallest absolute Gasteiger partial charge is 0.0905 e. The summed E-state index contributed by atoms with van der Waals surface area (Å²) in [5, 5.41) is 7.95. The molecule has 1 aromatic carbocycles. The van der Waals surface area contributed by atoms with Gasteiger partial charge in [-0.3, -0.25) is 0 Å². The second-order valence-electron chi connectivity index (χ2n) is 4.09. The van der Waals surface area contributed by atoms with Crippen molar-refractivity contribution in [1.29, 1.82) is 0 Å². The van der Waals surface area contributed by atoms with Crippen LogP contribution < -0.4 is 0 Å². The summed E-state index contributed by atoms with van der Waals surface area (Å²) in [7, 11) is 0. The van der Waals surface area contributed by atoms with Crippen molar-refractivity contribution in [3.8, 4) is 0 Å². The van der Waals surface area contributed by atoms with E-state index in [2.05, 4.69) is 28.5 Å². The van der Waals surface area contributed by atoms with Crippen LogP contribution >= 0.6 is 0 Å². The molecule has 1 aliphatic rings. The lowest BCUT2D eigenvalue weighted by Gasteiger charge is -2.03. The molecule has 4 nitrogen and oxygen atoms in total. The van der Waals surface area contributed by atoms with Gasteiger partial charge in [0, 0.05) is 0 Å². The summed E-state index contributed by atoms with van der Waals surface area (Å²) >= 11 is 0. The summed E-state index contributed by atoms with van der Waals surface area (Å²) < 4.78 is 7.49. The van der Waals surface area contributed by atoms with Crippen molar-refractivity contribution in [1.82, 2.24) is 15.0 Å². The minimum Gasteiger partial charge on any atom is -0.371 e. The highest BCUT2D eigenvalue weighted by atomic mass is 16.5. The van der Waals surface area contributed by atoms with E-state index in [4.69, 9.17) is 4.74 Å². The van der Waals surface area contributed by atoms with Crippen LogP contribution in [-0.4, -0.2) is 21.6 Å². The summed E-state index contributed by atoms with van der Waals surface area (Å²) in [5.41, 5.74) is 3.43. The van der Waals surface area contributed by atoms with Gasteiger partial charge in [0.05, 0.1) is 31.6 Å². The molecule has 86 valence electrons. The fourth-order valence-corrected chi connectivity index (χ4v) is 1.92. The van der Waals surface area contributed by atoms with Crippen molar-refractivity contribution in [3.05, 3.63) is 53.4 Å². The fourth-order valence-electron chi connectivity index (χ4n) is 1.92. The Kier molecular flexibility index (Phi) is 2.71. The van der Waals surface area contributed by atoms with Crippen LogP contribution in [0.2, 0.25) is 0 Å². The Morgan fingerprint density at radius 3 is 2.94 bits per heavy atom. The van der Waals surface area contributed by atoms with Crippen LogP contribution in [0.3, 0.4) is 0 Å². The Morgan fingerprint density at radius 1 is 1.18 bits per heavy atom. The Bertz CT molecular complexity index is 531. The summed E-state index contributed by atoms with van der Waals surface area (Å²) in [4.78, 5) is 0. The van der Waals surface area contributed by atoms with Gasteiger partial charge in [-0.2, -0.15) is 0 Å². The quantitative estimate of drug-likeness (QED) is 0.747. The second-order valence-corrected chi connectivity index (χ2v) is 4.09. The normalized spacial score (nSPS) is 17.8. The third-order valence-corrected chi connectivity index (χ3v) is 2.76. The zero-order chi connectivity index (χ0) is 11.5. The first kappa shape index (κ1) is 10.2. The van der Waals surface area contributed by atoms with E-state index >= 15 is 0 Å². The molecule has 0 radical (unpaired) electrons. The highest BCUT2D eigenvalue weighted by Gasteiger charge is 2.11. The SMILES string of the molecule is C(=C1/COCc2cnnn2C1)/c1ccccc1. The second kappa shape index (κ2) is 4.51. The molecule has 0 saturated heterocycles. The minimum atomic E-state index is 0.582. The molecule has 3 rings (SSSR count). The summed E-state index contributed by atoms with van der Waals surface area (Å²) in [5.74, 6) is 0. The highest BCUT2D eigenvalue weighted by molar-refractivity contribution is 5.52. The summed E-state index contributed by atoms with van der Waals surface area (Å²) in [6.45, 7) is 1.99. The Morgan fingerprint density at radius 2 is 2.06 bits per heavy atom. The van der Waals surface area contributed by atoms with E-state index in [0.717, 1.165) is 12.2 Å². The van der Waals surface area contributed by atoms with Crippen LogP contribution in [0.1, 0.15) is 11.3 Å². The van der Waals surface area contributed by atoms with E-state index in [0.29, 0.717) is 13.2 Å². The molecule has 0 fully saturated rings. The topological polar surface area (TPSA) is 39.9 Å². The van der Waals surface area contributed by atoms with Gasteiger partial charge in [-0.25, -0.2) is 4.68 Å². The third kappa shape index (κ3) is 2.26. The van der Waals surface area contributed by atoms with Crippen molar-refractivity contribution in [2.75, 3.05) is 6.61 Å². The van der Waals surface area contributed by atoms with Gasteiger partial charge in [-0.1, -0.05) is 41.6 Å². The Balaban J connectivity index is 1.88. The summed E-state index contributed by atoms with van der Waals surface area (Å²) in [6.07, 6.45) is 3.90. The van der Waals surface area contributed by atoms with Gasteiger partial charge in [0.25, 0.3) is 0 Å². The first-order valence-electron chi connectivity index (χ1n) is 5.61. The number of hydrogen-bond acceptors (Lipinski definition) is 3. The zero-order valence-corrected chi connectivity index (χ0v) is 9.41. The van der Waals surface area contributed by atoms with E-state index in [1.54, 1.807) is 6.20 Å². The maximum absolute atomic E-state index is 5.59.